The van der Waals surface area contributed by atoms with E-state index < -0.39 is 0 Å². The molecule has 0 radical (unpaired) electrons. The Bertz CT molecular complexity index is 603. The molecule has 0 bridgehead atoms. The predicted molar refractivity (Wildman–Crippen MR) is 66.5 cm³/mol. The summed E-state index contributed by atoms with van der Waals surface area (Å²) in [5.41, 5.74) is 2.66. The first-order valence-corrected chi connectivity index (χ1v) is 5.30. The van der Waals surface area contributed by atoms with Gasteiger partial charge >= 0.3 is 26.2 Å². The predicted octanol–water partition coefficient (Wildman–Crippen LogP) is -4.66. The molecule has 0 saturated carbocycles. The molecule has 3 aromatic rings. The Balaban J connectivity index is 0. The van der Waals surface area contributed by atoms with Crippen molar-refractivity contribution in [1.29, 1.82) is 0 Å². The Kier molecular flexibility index (Phi) is 9.41. The fourth-order valence-electron chi connectivity index (χ4n) is 2.26. The summed E-state index contributed by atoms with van der Waals surface area (Å²) in [5.74, 6) is 0. The van der Waals surface area contributed by atoms with Crippen LogP contribution in [0.3, 0.4) is 0 Å². The van der Waals surface area contributed by atoms with Gasteiger partial charge in [-0.25, -0.2) is 0 Å². The molecule has 0 nitrogen and oxygen atoms in total. The Morgan fingerprint density at radius 2 is 1.05 bits per heavy atom. The van der Waals surface area contributed by atoms with Crippen molar-refractivity contribution >= 4 is 21.5 Å². The first kappa shape index (κ1) is 21.4. The summed E-state index contributed by atoms with van der Waals surface area (Å²) < 4.78 is 0. The van der Waals surface area contributed by atoms with Crippen molar-refractivity contribution in [3.63, 3.8) is 0 Å². The van der Waals surface area contributed by atoms with Crippen LogP contribution in [-0.4, -0.2) is 0 Å². The van der Waals surface area contributed by atoms with Crippen molar-refractivity contribution in [2.24, 2.45) is 0 Å². The van der Waals surface area contributed by atoms with E-state index in [1.54, 1.807) is 0 Å². The van der Waals surface area contributed by atoms with Gasteiger partial charge in [-0.3, -0.25) is 0 Å². The maximum atomic E-state index is 2.28. The Labute approximate surface area is 151 Å². The summed E-state index contributed by atoms with van der Waals surface area (Å²) in [5, 5.41) is 5.46. The normalized spacial score (nSPS) is 8.95. The molecule has 0 aliphatic rings. The number of aryl methyl sites for hydroxylation is 2. The van der Waals surface area contributed by atoms with Crippen LogP contribution in [0.1, 0.15) is 11.1 Å². The van der Waals surface area contributed by atoms with Gasteiger partial charge in [-0.05, 0) is 13.8 Å². The van der Waals surface area contributed by atoms with E-state index >= 15 is 0 Å². The van der Waals surface area contributed by atoms with E-state index in [2.05, 4.69) is 56.3 Å². The SMILES string of the molecule is Cc1ccc2c(c1)[cH-]c1cc(C)ccc12.[Cl-].[Cl-].[Cl-].[Zr+4]. The van der Waals surface area contributed by atoms with E-state index in [1.165, 1.54) is 32.7 Å². The molecule has 3 aromatic carbocycles. The van der Waals surface area contributed by atoms with Crippen LogP contribution in [0.5, 0.6) is 0 Å². The molecule has 0 saturated heterocycles. The van der Waals surface area contributed by atoms with Gasteiger partial charge in [0.1, 0.15) is 0 Å². The molecule has 0 aliphatic carbocycles. The number of benzene rings is 2. The number of hydrogen-bond donors (Lipinski definition) is 0. The third kappa shape index (κ3) is 4.02. The van der Waals surface area contributed by atoms with Crippen molar-refractivity contribution in [2.75, 3.05) is 0 Å². The zero-order chi connectivity index (χ0) is 10.4. The molecule has 98 valence electrons. The van der Waals surface area contributed by atoms with E-state index in [9.17, 15) is 0 Å². The molecule has 0 aromatic heterocycles. The minimum atomic E-state index is 0. The maximum absolute atomic E-state index is 2.28. The summed E-state index contributed by atoms with van der Waals surface area (Å²) in [4.78, 5) is 0. The molecule has 0 atom stereocenters. The van der Waals surface area contributed by atoms with Crippen LogP contribution in [0.4, 0.5) is 0 Å². The van der Waals surface area contributed by atoms with Gasteiger partial charge in [0.05, 0.1) is 0 Å². The maximum Gasteiger partial charge on any atom is 4.00 e. The fourth-order valence-corrected chi connectivity index (χ4v) is 2.26. The molecule has 0 amide bonds. The summed E-state index contributed by atoms with van der Waals surface area (Å²) in [7, 11) is 0. The van der Waals surface area contributed by atoms with Crippen LogP contribution in [0.15, 0.2) is 42.5 Å². The van der Waals surface area contributed by atoms with Gasteiger partial charge in [0.2, 0.25) is 0 Å². The van der Waals surface area contributed by atoms with Gasteiger partial charge < -0.3 is 37.2 Å². The molecule has 4 heteroatoms. The number of rotatable bonds is 0. The minimum Gasteiger partial charge on any atom is -1.00 e. The van der Waals surface area contributed by atoms with Gasteiger partial charge in [-0.15, -0.1) is 39.7 Å². The summed E-state index contributed by atoms with van der Waals surface area (Å²) in [6.45, 7) is 4.28. The van der Waals surface area contributed by atoms with Crippen molar-refractivity contribution < 1.29 is 63.4 Å². The Morgan fingerprint density at radius 3 is 1.42 bits per heavy atom. The first-order chi connectivity index (χ1) is 7.24. The molecular weight excluding hydrogens is 378 g/mol. The van der Waals surface area contributed by atoms with Gasteiger partial charge in [-0.1, -0.05) is 35.4 Å². The van der Waals surface area contributed by atoms with E-state index in [-0.39, 0.29) is 63.4 Å². The molecule has 0 spiro atoms. The second kappa shape index (κ2) is 8.37. The molecule has 0 fully saturated rings. The first-order valence-electron chi connectivity index (χ1n) is 5.30. The average molecular weight is 391 g/mol. The van der Waals surface area contributed by atoms with E-state index in [1.807, 2.05) is 0 Å². The summed E-state index contributed by atoms with van der Waals surface area (Å²) in [6.07, 6.45) is 0. The zero-order valence-electron chi connectivity index (χ0n) is 10.7. The Hall–Kier alpha value is 0.0631. The second-order valence-electron chi connectivity index (χ2n) is 4.33. The molecule has 0 unspecified atom stereocenters. The van der Waals surface area contributed by atoms with E-state index in [0.717, 1.165) is 0 Å². The molecule has 0 heterocycles. The van der Waals surface area contributed by atoms with Crippen molar-refractivity contribution in [2.45, 2.75) is 13.8 Å². The Morgan fingerprint density at radius 1 is 0.684 bits per heavy atom. The molecular formula is C15H13Cl3Zr. The summed E-state index contributed by atoms with van der Waals surface area (Å²) >= 11 is 0. The second-order valence-corrected chi connectivity index (χ2v) is 4.33. The van der Waals surface area contributed by atoms with Crippen LogP contribution in [0.25, 0.3) is 21.5 Å². The minimum absolute atomic E-state index is 0. The summed E-state index contributed by atoms with van der Waals surface area (Å²) in [6, 6.07) is 15.6. The molecule has 0 N–H and O–H groups in total. The van der Waals surface area contributed by atoms with E-state index in [0.29, 0.717) is 0 Å². The fraction of sp³-hybridized carbons (Fsp3) is 0.133. The third-order valence-electron chi connectivity index (χ3n) is 3.02. The van der Waals surface area contributed by atoms with Gasteiger partial charge in [-0.2, -0.15) is 0 Å². The number of fused-ring (bicyclic) bond motifs is 3. The zero-order valence-corrected chi connectivity index (χ0v) is 15.4. The topological polar surface area (TPSA) is 0 Å². The van der Waals surface area contributed by atoms with Gasteiger partial charge in [0.15, 0.2) is 0 Å². The average Bonchev–Trinajstić information content (AvgIpc) is 2.53. The standard InChI is InChI=1S/C15H13.3ClH.Zr/c1-10-3-5-14-12(7-10)9-13-8-11(2)4-6-15(13)14;;;;/h3-9H,1-2H3;3*1H;/q-1;;;;+4/p-3. The van der Waals surface area contributed by atoms with Gasteiger partial charge in [0.25, 0.3) is 0 Å². The molecule has 3 rings (SSSR count). The third-order valence-corrected chi connectivity index (χ3v) is 3.02. The van der Waals surface area contributed by atoms with Crippen molar-refractivity contribution in [3.05, 3.63) is 53.6 Å². The number of hydrogen-bond acceptors (Lipinski definition) is 0. The van der Waals surface area contributed by atoms with Crippen LogP contribution in [0.2, 0.25) is 0 Å². The molecule has 0 aliphatic heterocycles. The van der Waals surface area contributed by atoms with Crippen LogP contribution in [0, 0.1) is 13.8 Å². The smallest absolute Gasteiger partial charge is 1.00 e. The number of halogens is 3. The van der Waals surface area contributed by atoms with Crippen molar-refractivity contribution in [3.8, 4) is 0 Å². The van der Waals surface area contributed by atoms with E-state index in [4.69, 9.17) is 0 Å². The molecule has 19 heavy (non-hydrogen) atoms. The van der Waals surface area contributed by atoms with Crippen LogP contribution in [-0.2, 0) is 26.2 Å². The van der Waals surface area contributed by atoms with Gasteiger partial charge in [0, 0.05) is 0 Å². The van der Waals surface area contributed by atoms with Crippen molar-refractivity contribution in [1.82, 2.24) is 0 Å². The largest absolute Gasteiger partial charge is 4.00 e. The van der Waals surface area contributed by atoms with Crippen LogP contribution >= 0.6 is 0 Å². The quantitative estimate of drug-likeness (QED) is 0.339. The monoisotopic (exact) mass is 388 g/mol. The van der Waals surface area contributed by atoms with Crippen LogP contribution < -0.4 is 37.2 Å².